The Labute approximate surface area is 153 Å². The van der Waals surface area contributed by atoms with E-state index in [0.717, 1.165) is 31.2 Å². The Morgan fingerprint density at radius 3 is 2.76 bits per heavy atom. The molecule has 134 valence electrons. The first-order chi connectivity index (χ1) is 12.1. The average Bonchev–Trinajstić information content (AvgIpc) is 2.95. The number of likely N-dealkylation sites (tertiary alicyclic amines) is 1. The van der Waals surface area contributed by atoms with Crippen molar-refractivity contribution in [2.45, 2.75) is 33.2 Å². The van der Waals surface area contributed by atoms with Gasteiger partial charge in [-0.3, -0.25) is 15.0 Å². The topological polar surface area (TPSA) is 54.5 Å². The van der Waals surface area contributed by atoms with Crippen LogP contribution in [0.2, 0.25) is 0 Å². The summed E-state index contributed by atoms with van der Waals surface area (Å²) in [6.45, 7) is 7.53. The predicted octanol–water partition coefficient (Wildman–Crippen LogP) is 3.70. The van der Waals surface area contributed by atoms with Crippen LogP contribution in [-0.2, 0) is 11.3 Å². The summed E-state index contributed by atoms with van der Waals surface area (Å²) >= 11 is 1.56. The van der Waals surface area contributed by atoms with Crippen molar-refractivity contribution in [1.82, 2.24) is 9.88 Å². The number of para-hydroxylation sites is 1. The Morgan fingerprint density at radius 1 is 1.32 bits per heavy atom. The van der Waals surface area contributed by atoms with Gasteiger partial charge in [-0.2, -0.15) is 0 Å². The van der Waals surface area contributed by atoms with E-state index < -0.39 is 0 Å². The third-order valence-corrected chi connectivity index (χ3v) is 5.55. The molecular formula is C19H25N3O2S. The number of benzene rings is 1. The number of aryl methyl sites for hydroxylation is 1. The summed E-state index contributed by atoms with van der Waals surface area (Å²) in [7, 11) is 0. The fourth-order valence-corrected chi connectivity index (χ4v) is 3.89. The van der Waals surface area contributed by atoms with E-state index in [4.69, 9.17) is 4.74 Å². The lowest BCUT2D eigenvalue weighted by atomic mass is 9.99. The van der Waals surface area contributed by atoms with E-state index in [-0.39, 0.29) is 12.5 Å². The summed E-state index contributed by atoms with van der Waals surface area (Å²) in [5.41, 5.74) is 1.00. The van der Waals surface area contributed by atoms with E-state index in [9.17, 15) is 4.79 Å². The van der Waals surface area contributed by atoms with E-state index in [1.165, 1.54) is 17.7 Å². The Bertz CT molecular complexity index is 694. The van der Waals surface area contributed by atoms with Gasteiger partial charge in [-0.05, 0) is 50.9 Å². The van der Waals surface area contributed by atoms with Gasteiger partial charge in [0.2, 0.25) is 0 Å². The van der Waals surface area contributed by atoms with Crippen LogP contribution in [0, 0.1) is 12.8 Å². The number of hydrogen-bond acceptors (Lipinski definition) is 5. The molecule has 0 bridgehead atoms. The van der Waals surface area contributed by atoms with Gasteiger partial charge < -0.3 is 4.74 Å². The highest BCUT2D eigenvalue weighted by Gasteiger charge is 2.18. The molecule has 0 radical (unpaired) electrons. The minimum atomic E-state index is -0.184. The van der Waals surface area contributed by atoms with Crippen LogP contribution >= 0.6 is 11.3 Å². The van der Waals surface area contributed by atoms with Gasteiger partial charge in [-0.15, -0.1) is 11.3 Å². The van der Waals surface area contributed by atoms with Gasteiger partial charge in [0.15, 0.2) is 11.7 Å². The summed E-state index contributed by atoms with van der Waals surface area (Å²) in [6.07, 6.45) is 2.52. The van der Waals surface area contributed by atoms with Gasteiger partial charge >= 0.3 is 0 Å². The molecule has 2 heterocycles. The smallest absolute Gasteiger partial charge is 0.264 e. The van der Waals surface area contributed by atoms with E-state index in [2.05, 4.69) is 22.1 Å². The highest BCUT2D eigenvalue weighted by Crippen LogP contribution is 2.26. The molecular weight excluding hydrogens is 334 g/mol. The molecule has 25 heavy (non-hydrogen) atoms. The minimum Gasteiger partial charge on any atom is -0.484 e. The highest BCUT2D eigenvalue weighted by atomic mass is 32.1. The van der Waals surface area contributed by atoms with Crippen LogP contribution in [0.15, 0.2) is 30.3 Å². The fourth-order valence-electron chi connectivity index (χ4n) is 2.87. The van der Waals surface area contributed by atoms with Gasteiger partial charge in [0, 0.05) is 11.4 Å². The first-order valence-corrected chi connectivity index (χ1v) is 9.58. The number of nitrogens with zero attached hydrogens (tertiary/aromatic N) is 2. The minimum absolute atomic E-state index is 0.0119. The van der Waals surface area contributed by atoms with Crippen LogP contribution in [0.4, 0.5) is 5.13 Å². The van der Waals surface area contributed by atoms with Crippen LogP contribution < -0.4 is 10.1 Å². The molecule has 0 unspecified atom stereocenters. The molecule has 5 nitrogen and oxygen atoms in total. The molecule has 2 aromatic rings. The Kier molecular flexibility index (Phi) is 6.04. The molecule has 1 saturated heterocycles. The maximum atomic E-state index is 12.1. The summed E-state index contributed by atoms with van der Waals surface area (Å²) in [5, 5.41) is 3.50. The van der Waals surface area contributed by atoms with Crippen molar-refractivity contribution in [3.63, 3.8) is 0 Å². The number of anilines is 1. The summed E-state index contributed by atoms with van der Waals surface area (Å²) < 4.78 is 5.47. The number of nitrogens with one attached hydrogen (secondary N) is 1. The molecule has 1 aromatic heterocycles. The van der Waals surface area contributed by atoms with Crippen molar-refractivity contribution in [2.75, 3.05) is 25.0 Å². The zero-order valence-electron chi connectivity index (χ0n) is 14.8. The standard InChI is InChI=1S/C19H25N3O2S/c1-14-8-10-22(11-9-14)12-17-15(2)20-19(25-17)21-18(23)13-24-16-6-4-3-5-7-16/h3-7,14H,8-13H2,1-2H3,(H,20,21,23). The Hall–Kier alpha value is -1.92. The van der Waals surface area contributed by atoms with Gasteiger partial charge in [0.05, 0.1) is 5.69 Å². The maximum absolute atomic E-state index is 12.1. The van der Waals surface area contributed by atoms with Crippen molar-refractivity contribution in [3.05, 3.63) is 40.9 Å². The summed E-state index contributed by atoms with van der Waals surface area (Å²) in [4.78, 5) is 20.3. The van der Waals surface area contributed by atoms with Crippen LogP contribution in [0.5, 0.6) is 5.75 Å². The van der Waals surface area contributed by atoms with E-state index in [1.54, 1.807) is 11.3 Å². The normalized spacial score (nSPS) is 15.9. The second-order valence-corrected chi connectivity index (χ2v) is 7.72. The number of thiazole rings is 1. The SMILES string of the molecule is Cc1nc(NC(=O)COc2ccccc2)sc1CN1CCC(C)CC1. The number of rotatable bonds is 6. The highest BCUT2D eigenvalue weighted by molar-refractivity contribution is 7.15. The first-order valence-electron chi connectivity index (χ1n) is 8.76. The molecule has 1 aliphatic heterocycles. The molecule has 0 aliphatic carbocycles. The number of amides is 1. The second kappa shape index (κ2) is 8.45. The fraction of sp³-hybridized carbons (Fsp3) is 0.474. The molecule has 1 N–H and O–H groups in total. The molecule has 1 aromatic carbocycles. The zero-order chi connectivity index (χ0) is 17.6. The zero-order valence-corrected chi connectivity index (χ0v) is 15.6. The predicted molar refractivity (Wildman–Crippen MR) is 101 cm³/mol. The van der Waals surface area contributed by atoms with Gasteiger partial charge in [-0.25, -0.2) is 4.98 Å². The number of ether oxygens (including phenoxy) is 1. The summed E-state index contributed by atoms with van der Waals surface area (Å²) in [5.74, 6) is 1.34. The van der Waals surface area contributed by atoms with Crippen LogP contribution in [-0.4, -0.2) is 35.5 Å². The van der Waals surface area contributed by atoms with Crippen molar-refractivity contribution < 1.29 is 9.53 Å². The number of carbonyl (C=O) groups is 1. The second-order valence-electron chi connectivity index (χ2n) is 6.64. The van der Waals surface area contributed by atoms with Gasteiger partial charge in [0.25, 0.3) is 5.91 Å². The molecule has 6 heteroatoms. The maximum Gasteiger partial charge on any atom is 0.264 e. The lowest BCUT2D eigenvalue weighted by Gasteiger charge is -2.29. The molecule has 0 atom stereocenters. The van der Waals surface area contributed by atoms with Crippen molar-refractivity contribution in [2.24, 2.45) is 5.92 Å². The van der Waals surface area contributed by atoms with Crippen LogP contribution in [0.1, 0.15) is 30.3 Å². The molecule has 1 amide bonds. The number of carbonyl (C=O) groups excluding carboxylic acids is 1. The van der Waals surface area contributed by atoms with Crippen molar-refractivity contribution in [3.8, 4) is 5.75 Å². The van der Waals surface area contributed by atoms with E-state index in [1.807, 2.05) is 37.3 Å². The first kappa shape index (κ1) is 17.9. The Balaban J connectivity index is 1.50. The lowest BCUT2D eigenvalue weighted by Crippen LogP contribution is -2.32. The van der Waals surface area contributed by atoms with Crippen LogP contribution in [0.25, 0.3) is 0 Å². The lowest BCUT2D eigenvalue weighted by molar-refractivity contribution is -0.118. The number of aromatic nitrogens is 1. The van der Waals surface area contributed by atoms with Gasteiger partial charge in [-0.1, -0.05) is 25.1 Å². The quantitative estimate of drug-likeness (QED) is 0.854. The van der Waals surface area contributed by atoms with Crippen molar-refractivity contribution in [1.29, 1.82) is 0 Å². The Morgan fingerprint density at radius 2 is 2.04 bits per heavy atom. The largest absolute Gasteiger partial charge is 0.484 e. The molecule has 1 fully saturated rings. The average molecular weight is 359 g/mol. The van der Waals surface area contributed by atoms with Gasteiger partial charge in [0.1, 0.15) is 5.75 Å². The third kappa shape index (κ3) is 5.28. The van der Waals surface area contributed by atoms with Crippen LogP contribution in [0.3, 0.4) is 0 Å². The summed E-state index contributed by atoms with van der Waals surface area (Å²) in [6, 6.07) is 9.34. The van der Waals surface area contributed by atoms with Crippen molar-refractivity contribution >= 4 is 22.4 Å². The number of piperidine rings is 1. The molecule has 0 spiro atoms. The van der Waals surface area contributed by atoms with E-state index >= 15 is 0 Å². The molecule has 0 saturated carbocycles. The van der Waals surface area contributed by atoms with E-state index in [0.29, 0.717) is 10.9 Å². The third-order valence-electron chi connectivity index (χ3n) is 4.50. The monoisotopic (exact) mass is 359 g/mol. The molecule has 1 aliphatic rings. The molecule has 3 rings (SSSR count). The number of hydrogen-bond donors (Lipinski definition) is 1.